The standard InChI is InChI=1S/C19H22N2O4S2/c1-4-25-19(24)15-12(2)16(17(23)20-3)27-18(15)21-14(22)11-26-10-13-8-6-5-7-9-13/h5-9H,4,10-11H2,1-3H3,(H,20,23)(H,21,22). The van der Waals surface area contributed by atoms with Gasteiger partial charge in [-0.3, -0.25) is 9.59 Å². The van der Waals surface area contributed by atoms with Gasteiger partial charge < -0.3 is 15.4 Å². The fourth-order valence-electron chi connectivity index (χ4n) is 2.38. The maximum absolute atomic E-state index is 12.3. The maximum Gasteiger partial charge on any atom is 0.341 e. The van der Waals surface area contributed by atoms with Gasteiger partial charge in [-0.25, -0.2) is 4.79 Å². The number of anilines is 1. The Hall–Kier alpha value is -2.32. The largest absolute Gasteiger partial charge is 0.462 e. The van der Waals surface area contributed by atoms with Crippen LogP contribution in [0.3, 0.4) is 0 Å². The second kappa shape index (κ2) is 10.1. The average molecular weight is 407 g/mol. The van der Waals surface area contributed by atoms with Crippen LogP contribution >= 0.6 is 23.1 Å². The molecule has 0 radical (unpaired) electrons. The monoisotopic (exact) mass is 406 g/mol. The molecule has 0 aliphatic carbocycles. The second-order valence-electron chi connectivity index (χ2n) is 5.59. The lowest BCUT2D eigenvalue weighted by Crippen LogP contribution is -2.18. The van der Waals surface area contributed by atoms with Gasteiger partial charge in [0.1, 0.15) is 5.00 Å². The van der Waals surface area contributed by atoms with Crippen LogP contribution in [-0.2, 0) is 15.3 Å². The Kier molecular flexibility index (Phi) is 7.87. The molecule has 1 aromatic carbocycles. The lowest BCUT2D eigenvalue weighted by atomic mass is 10.1. The van der Waals surface area contributed by atoms with E-state index in [4.69, 9.17) is 4.74 Å². The molecular formula is C19H22N2O4S2. The zero-order valence-electron chi connectivity index (χ0n) is 15.5. The molecule has 0 atom stereocenters. The molecule has 1 aromatic heterocycles. The summed E-state index contributed by atoms with van der Waals surface area (Å²) in [6.07, 6.45) is 0. The summed E-state index contributed by atoms with van der Waals surface area (Å²) in [7, 11) is 1.52. The molecule has 144 valence electrons. The van der Waals surface area contributed by atoms with Crippen molar-refractivity contribution < 1.29 is 19.1 Å². The normalized spacial score (nSPS) is 10.3. The number of amides is 2. The van der Waals surface area contributed by atoms with Crippen LogP contribution in [0.1, 0.15) is 38.1 Å². The smallest absolute Gasteiger partial charge is 0.341 e. The number of rotatable bonds is 8. The van der Waals surface area contributed by atoms with Gasteiger partial charge in [0.15, 0.2) is 0 Å². The molecule has 0 bridgehead atoms. The van der Waals surface area contributed by atoms with Crippen molar-refractivity contribution in [2.24, 2.45) is 0 Å². The van der Waals surface area contributed by atoms with Crippen molar-refractivity contribution in [1.29, 1.82) is 0 Å². The Morgan fingerprint density at radius 3 is 2.52 bits per heavy atom. The molecule has 0 aliphatic heterocycles. The highest BCUT2D eigenvalue weighted by Gasteiger charge is 2.26. The number of hydrogen-bond acceptors (Lipinski definition) is 6. The highest BCUT2D eigenvalue weighted by Crippen LogP contribution is 2.34. The summed E-state index contributed by atoms with van der Waals surface area (Å²) in [5.74, 6) is -0.128. The fraction of sp³-hybridized carbons (Fsp3) is 0.316. The van der Waals surface area contributed by atoms with Crippen molar-refractivity contribution in [1.82, 2.24) is 5.32 Å². The molecule has 8 heteroatoms. The summed E-state index contributed by atoms with van der Waals surface area (Å²) in [5.41, 5.74) is 1.88. The van der Waals surface area contributed by atoms with E-state index in [9.17, 15) is 14.4 Å². The molecule has 0 saturated heterocycles. The van der Waals surface area contributed by atoms with E-state index in [2.05, 4.69) is 10.6 Å². The van der Waals surface area contributed by atoms with Crippen molar-refractivity contribution in [3.05, 3.63) is 51.9 Å². The Bertz CT molecular complexity index is 819. The molecule has 0 unspecified atom stereocenters. The number of nitrogens with one attached hydrogen (secondary N) is 2. The van der Waals surface area contributed by atoms with E-state index >= 15 is 0 Å². The molecule has 0 spiro atoms. The quantitative estimate of drug-likeness (QED) is 0.656. The molecule has 0 fully saturated rings. The molecule has 0 saturated carbocycles. The number of ether oxygens (including phenoxy) is 1. The zero-order valence-corrected chi connectivity index (χ0v) is 17.1. The first kappa shape index (κ1) is 21.0. The van der Waals surface area contributed by atoms with Gasteiger partial charge >= 0.3 is 5.97 Å². The summed E-state index contributed by atoms with van der Waals surface area (Å²) < 4.78 is 5.08. The summed E-state index contributed by atoms with van der Waals surface area (Å²) in [6, 6.07) is 9.86. The van der Waals surface area contributed by atoms with Crippen LogP contribution in [0.4, 0.5) is 5.00 Å². The molecule has 2 rings (SSSR count). The second-order valence-corrected chi connectivity index (χ2v) is 7.59. The minimum Gasteiger partial charge on any atom is -0.462 e. The summed E-state index contributed by atoms with van der Waals surface area (Å²) in [6.45, 7) is 3.59. The molecule has 0 aliphatic rings. The first-order chi connectivity index (χ1) is 13.0. The molecule has 2 N–H and O–H groups in total. The van der Waals surface area contributed by atoms with E-state index in [-0.39, 0.29) is 29.7 Å². The first-order valence-corrected chi connectivity index (χ1v) is 10.4. The van der Waals surface area contributed by atoms with E-state index in [1.807, 2.05) is 30.3 Å². The molecular weight excluding hydrogens is 384 g/mol. The molecule has 1 heterocycles. The summed E-state index contributed by atoms with van der Waals surface area (Å²) in [5, 5.41) is 5.64. The highest BCUT2D eigenvalue weighted by molar-refractivity contribution is 7.99. The van der Waals surface area contributed by atoms with E-state index in [0.717, 1.165) is 16.9 Å². The third-order valence-electron chi connectivity index (χ3n) is 3.66. The first-order valence-electron chi connectivity index (χ1n) is 8.42. The summed E-state index contributed by atoms with van der Waals surface area (Å²) >= 11 is 2.55. The van der Waals surface area contributed by atoms with Gasteiger partial charge in [0.25, 0.3) is 5.91 Å². The number of carbonyl (C=O) groups is 3. The number of esters is 1. The van der Waals surface area contributed by atoms with Gasteiger partial charge in [-0.1, -0.05) is 30.3 Å². The molecule has 27 heavy (non-hydrogen) atoms. The van der Waals surface area contributed by atoms with Crippen LogP contribution in [0.2, 0.25) is 0 Å². The van der Waals surface area contributed by atoms with E-state index in [1.54, 1.807) is 13.8 Å². The fourth-order valence-corrected chi connectivity index (χ4v) is 4.32. The van der Waals surface area contributed by atoms with Crippen LogP contribution < -0.4 is 10.6 Å². The predicted octanol–water partition coefficient (Wildman–Crippen LogP) is 3.46. The van der Waals surface area contributed by atoms with Crippen molar-refractivity contribution >= 4 is 45.9 Å². The third-order valence-corrected chi connectivity index (χ3v) is 5.87. The number of carbonyl (C=O) groups excluding carboxylic acids is 3. The number of thiophene rings is 1. The average Bonchev–Trinajstić information content (AvgIpc) is 2.98. The van der Waals surface area contributed by atoms with Crippen molar-refractivity contribution in [2.75, 3.05) is 24.7 Å². The van der Waals surface area contributed by atoms with Gasteiger partial charge in [-0.2, -0.15) is 0 Å². The Balaban J connectivity index is 2.10. The van der Waals surface area contributed by atoms with Crippen LogP contribution in [0.15, 0.2) is 30.3 Å². The van der Waals surface area contributed by atoms with Gasteiger partial charge in [-0.05, 0) is 25.0 Å². The van der Waals surface area contributed by atoms with E-state index in [1.165, 1.54) is 18.8 Å². The molecule has 6 nitrogen and oxygen atoms in total. The van der Waals surface area contributed by atoms with Crippen LogP contribution in [0, 0.1) is 6.92 Å². The molecule has 2 aromatic rings. The third kappa shape index (κ3) is 5.58. The van der Waals surface area contributed by atoms with Crippen molar-refractivity contribution in [3.8, 4) is 0 Å². The SMILES string of the molecule is CCOC(=O)c1c(NC(=O)CSCc2ccccc2)sc(C(=O)NC)c1C. The lowest BCUT2D eigenvalue weighted by Gasteiger charge is -2.07. The van der Waals surface area contributed by atoms with Crippen molar-refractivity contribution in [2.45, 2.75) is 19.6 Å². The van der Waals surface area contributed by atoms with Crippen LogP contribution in [0.5, 0.6) is 0 Å². The van der Waals surface area contributed by atoms with E-state index in [0.29, 0.717) is 21.2 Å². The topological polar surface area (TPSA) is 84.5 Å². The maximum atomic E-state index is 12.3. The van der Waals surface area contributed by atoms with Crippen LogP contribution in [0.25, 0.3) is 0 Å². The predicted molar refractivity (Wildman–Crippen MR) is 110 cm³/mol. The number of hydrogen-bond donors (Lipinski definition) is 2. The lowest BCUT2D eigenvalue weighted by molar-refractivity contribution is -0.113. The minimum absolute atomic E-state index is 0.212. The summed E-state index contributed by atoms with van der Waals surface area (Å²) in [4.78, 5) is 37.0. The highest BCUT2D eigenvalue weighted by atomic mass is 32.2. The number of benzene rings is 1. The van der Waals surface area contributed by atoms with E-state index < -0.39 is 5.97 Å². The van der Waals surface area contributed by atoms with Gasteiger partial charge in [0.2, 0.25) is 5.91 Å². The zero-order chi connectivity index (χ0) is 19.8. The molecule has 2 amide bonds. The van der Waals surface area contributed by atoms with Gasteiger partial charge in [0.05, 0.1) is 22.8 Å². The van der Waals surface area contributed by atoms with Crippen LogP contribution in [-0.4, -0.2) is 37.2 Å². The van der Waals surface area contributed by atoms with Crippen molar-refractivity contribution in [3.63, 3.8) is 0 Å². The Labute approximate surface area is 166 Å². The Morgan fingerprint density at radius 2 is 1.89 bits per heavy atom. The number of thioether (sulfide) groups is 1. The minimum atomic E-state index is -0.548. The van der Waals surface area contributed by atoms with Gasteiger partial charge in [-0.15, -0.1) is 23.1 Å². The Morgan fingerprint density at radius 1 is 1.19 bits per heavy atom. The van der Waals surface area contributed by atoms with Gasteiger partial charge in [0, 0.05) is 12.8 Å².